The molecule has 1 N–H and O–H groups in total. The highest BCUT2D eigenvalue weighted by Crippen LogP contribution is 2.46. The number of hydrogen-bond acceptors (Lipinski definition) is 5. The first-order chi connectivity index (χ1) is 12.4. The van der Waals surface area contributed by atoms with Crippen LogP contribution in [0.4, 0.5) is 5.69 Å². The van der Waals surface area contributed by atoms with Crippen molar-refractivity contribution in [2.24, 2.45) is 11.8 Å². The predicted octanol–water partition coefficient (Wildman–Crippen LogP) is 2.00. The van der Waals surface area contributed by atoms with Crippen molar-refractivity contribution in [3.8, 4) is 0 Å². The minimum absolute atomic E-state index is 0.0396. The van der Waals surface area contributed by atoms with E-state index in [1.54, 1.807) is 0 Å². The second kappa shape index (κ2) is 6.46. The number of benzene rings is 2. The lowest BCUT2D eigenvalue weighted by Gasteiger charge is -2.19. The summed E-state index contributed by atoms with van der Waals surface area (Å²) in [5, 5.41) is 10.7. The van der Waals surface area contributed by atoms with Crippen molar-refractivity contribution in [2.45, 2.75) is 17.5 Å². The van der Waals surface area contributed by atoms with Gasteiger partial charge in [-0.2, -0.15) is 0 Å². The van der Waals surface area contributed by atoms with E-state index in [1.165, 1.54) is 29.8 Å². The van der Waals surface area contributed by atoms with Gasteiger partial charge in [-0.15, -0.1) is 0 Å². The summed E-state index contributed by atoms with van der Waals surface area (Å²) in [6.45, 7) is 2.65. The maximum absolute atomic E-state index is 12.5. The van der Waals surface area contributed by atoms with Crippen molar-refractivity contribution in [1.29, 1.82) is 0 Å². The van der Waals surface area contributed by atoms with Crippen LogP contribution < -0.4 is 4.72 Å². The van der Waals surface area contributed by atoms with E-state index in [0.717, 1.165) is 19.6 Å². The van der Waals surface area contributed by atoms with Crippen LogP contribution in [0.1, 0.15) is 5.56 Å². The molecule has 4 rings (SSSR count). The first kappa shape index (κ1) is 17.1. The number of rotatable bonds is 6. The maximum Gasteiger partial charge on any atom is 0.269 e. The van der Waals surface area contributed by atoms with E-state index >= 15 is 0 Å². The zero-order valence-electron chi connectivity index (χ0n) is 14.0. The maximum atomic E-state index is 12.5. The standard InChI is InChI=1S/C18H19N3O4S/c22-21(23)14-6-8-15(9-7-14)26(24,25)19-18-16-11-20(12-17(16)18)10-13-4-2-1-3-5-13/h1-9,16-19H,10-12H2/t16-,17+,18+. The first-order valence-electron chi connectivity index (χ1n) is 8.47. The van der Waals surface area contributed by atoms with Crippen molar-refractivity contribution in [2.75, 3.05) is 13.1 Å². The van der Waals surface area contributed by atoms with Crippen LogP contribution in [0.15, 0.2) is 59.5 Å². The lowest BCUT2D eigenvalue weighted by molar-refractivity contribution is -0.384. The highest BCUT2D eigenvalue weighted by Gasteiger charge is 2.56. The largest absolute Gasteiger partial charge is 0.298 e. The van der Waals surface area contributed by atoms with Crippen molar-refractivity contribution >= 4 is 15.7 Å². The highest BCUT2D eigenvalue weighted by atomic mass is 32.2. The lowest BCUT2D eigenvalue weighted by Crippen LogP contribution is -2.34. The van der Waals surface area contributed by atoms with Gasteiger partial charge < -0.3 is 0 Å². The summed E-state index contributed by atoms with van der Waals surface area (Å²) >= 11 is 0. The van der Waals surface area contributed by atoms with E-state index < -0.39 is 14.9 Å². The molecule has 0 amide bonds. The molecule has 0 unspecified atom stereocenters. The quantitative estimate of drug-likeness (QED) is 0.618. The van der Waals surface area contributed by atoms with Crippen LogP contribution in [0.25, 0.3) is 0 Å². The number of nitro groups is 1. The number of nitrogens with zero attached hydrogens (tertiary/aromatic N) is 2. The highest BCUT2D eigenvalue weighted by molar-refractivity contribution is 7.89. The molecule has 0 bridgehead atoms. The van der Waals surface area contributed by atoms with E-state index in [-0.39, 0.29) is 16.6 Å². The molecule has 0 radical (unpaired) electrons. The Bertz CT molecular complexity index is 903. The Morgan fingerprint density at radius 2 is 1.65 bits per heavy atom. The number of piperidine rings is 1. The minimum Gasteiger partial charge on any atom is -0.298 e. The monoisotopic (exact) mass is 373 g/mol. The summed E-state index contributed by atoms with van der Waals surface area (Å²) in [6, 6.07) is 15.2. The molecule has 7 nitrogen and oxygen atoms in total. The van der Waals surface area contributed by atoms with Crippen molar-refractivity contribution in [3.05, 3.63) is 70.3 Å². The smallest absolute Gasteiger partial charge is 0.269 e. The third kappa shape index (κ3) is 3.35. The minimum atomic E-state index is -3.65. The van der Waals surface area contributed by atoms with Crippen LogP contribution in [-0.2, 0) is 16.6 Å². The van der Waals surface area contributed by atoms with Gasteiger partial charge in [0.05, 0.1) is 9.82 Å². The Balaban J connectivity index is 1.34. The fourth-order valence-corrected chi connectivity index (χ4v) is 5.09. The zero-order chi connectivity index (χ0) is 18.3. The van der Waals surface area contributed by atoms with Gasteiger partial charge in [0, 0.05) is 37.8 Å². The van der Waals surface area contributed by atoms with E-state index in [9.17, 15) is 18.5 Å². The van der Waals surface area contributed by atoms with Gasteiger partial charge in [-0.3, -0.25) is 15.0 Å². The molecule has 2 aromatic carbocycles. The number of hydrogen-bond donors (Lipinski definition) is 1. The van der Waals surface area contributed by atoms with Crippen LogP contribution in [0, 0.1) is 22.0 Å². The van der Waals surface area contributed by atoms with Gasteiger partial charge in [0.1, 0.15) is 0 Å². The molecule has 1 heterocycles. The summed E-state index contributed by atoms with van der Waals surface area (Å²) in [4.78, 5) is 12.5. The van der Waals surface area contributed by atoms with Gasteiger partial charge in [-0.05, 0) is 29.5 Å². The Kier molecular flexibility index (Phi) is 4.26. The van der Waals surface area contributed by atoms with Crippen molar-refractivity contribution < 1.29 is 13.3 Å². The zero-order valence-corrected chi connectivity index (χ0v) is 14.8. The molecule has 2 fully saturated rings. The number of sulfonamides is 1. The molecular formula is C18H19N3O4S. The second-order valence-corrected chi connectivity index (χ2v) is 8.62. The summed E-state index contributed by atoms with van der Waals surface area (Å²) < 4.78 is 27.7. The molecule has 0 aromatic heterocycles. The van der Waals surface area contributed by atoms with Crippen LogP contribution in [0.5, 0.6) is 0 Å². The third-order valence-corrected chi connectivity index (χ3v) is 6.64. The molecule has 1 saturated carbocycles. The molecule has 26 heavy (non-hydrogen) atoms. The van der Waals surface area contributed by atoms with Gasteiger partial charge in [0.25, 0.3) is 5.69 Å². The molecule has 1 aliphatic carbocycles. The fraction of sp³-hybridized carbons (Fsp3) is 0.333. The van der Waals surface area contributed by atoms with Crippen molar-refractivity contribution in [3.63, 3.8) is 0 Å². The molecule has 1 aliphatic heterocycles. The summed E-state index contributed by atoms with van der Waals surface area (Å²) in [5.74, 6) is 0.679. The molecule has 3 atom stereocenters. The lowest BCUT2D eigenvalue weighted by atomic mass is 10.2. The SMILES string of the molecule is O=[N+]([O-])c1ccc(S(=O)(=O)N[C@H]2[C@@H]3CN(Cc4ccccc4)C[C@@H]32)cc1. The molecule has 2 aliphatic rings. The number of fused-ring (bicyclic) bond motifs is 1. The van der Waals surface area contributed by atoms with Crippen LogP contribution in [0.2, 0.25) is 0 Å². The Hall–Kier alpha value is -2.29. The van der Waals surface area contributed by atoms with Crippen molar-refractivity contribution in [1.82, 2.24) is 9.62 Å². The topological polar surface area (TPSA) is 92.5 Å². The van der Waals surface area contributed by atoms with E-state index in [4.69, 9.17) is 0 Å². The number of nitrogens with one attached hydrogen (secondary N) is 1. The van der Waals surface area contributed by atoms with Gasteiger partial charge in [0.15, 0.2) is 0 Å². The average Bonchev–Trinajstić information content (AvgIpc) is 3.05. The Morgan fingerprint density at radius 1 is 1.04 bits per heavy atom. The van der Waals surface area contributed by atoms with Crippen LogP contribution in [0.3, 0.4) is 0 Å². The normalized spacial score (nSPS) is 25.0. The van der Waals surface area contributed by atoms with E-state index in [0.29, 0.717) is 11.8 Å². The molecular weight excluding hydrogens is 354 g/mol. The number of nitro benzene ring substituents is 1. The van der Waals surface area contributed by atoms with Crippen LogP contribution in [-0.4, -0.2) is 37.4 Å². The number of non-ortho nitro benzene ring substituents is 1. The van der Waals surface area contributed by atoms with Crippen LogP contribution >= 0.6 is 0 Å². The van der Waals surface area contributed by atoms with Gasteiger partial charge in [-0.25, -0.2) is 13.1 Å². The first-order valence-corrected chi connectivity index (χ1v) is 9.95. The Labute approximate surface area is 151 Å². The number of likely N-dealkylation sites (tertiary alicyclic amines) is 1. The third-order valence-electron chi connectivity index (χ3n) is 5.17. The summed E-state index contributed by atoms with van der Waals surface area (Å²) in [5.41, 5.74) is 1.14. The second-order valence-electron chi connectivity index (χ2n) is 6.91. The average molecular weight is 373 g/mol. The molecule has 0 spiro atoms. The Morgan fingerprint density at radius 3 is 2.23 bits per heavy atom. The predicted molar refractivity (Wildman–Crippen MR) is 95.9 cm³/mol. The molecule has 1 saturated heterocycles. The van der Waals surface area contributed by atoms with Gasteiger partial charge in [0.2, 0.25) is 10.0 Å². The van der Waals surface area contributed by atoms with E-state index in [2.05, 4.69) is 21.8 Å². The van der Waals surface area contributed by atoms with E-state index in [1.807, 2.05) is 18.2 Å². The summed E-state index contributed by atoms with van der Waals surface area (Å²) in [7, 11) is -3.65. The fourth-order valence-electron chi connectivity index (χ4n) is 3.75. The molecule has 2 aromatic rings. The van der Waals surface area contributed by atoms with Gasteiger partial charge in [-0.1, -0.05) is 30.3 Å². The van der Waals surface area contributed by atoms with Gasteiger partial charge >= 0.3 is 0 Å². The molecule has 8 heteroatoms. The summed E-state index contributed by atoms with van der Waals surface area (Å²) in [6.07, 6.45) is 0. The molecule has 136 valence electrons.